The summed E-state index contributed by atoms with van der Waals surface area (Å²) in [6, 6.07) is 3.44. The van der Waals surface area contributed by atoms with E-state index in [1.807, 2.05) is 0 Å². The highest BCUT2D eigenvalue weighted by molar-refractivity contribution is 7.89. The average Bonchev–Trinajstić information content (AvgIpc) is 2.75. The van der Waals surface area contributed by atoms with Crippen LogP contribution in [0.1, 0.15) is 30.6 Å². The van der Waals surface area contributed by atoms with Gasteiger partial charge in [0.2, 0.25) is 10.0 Å². The summed E-state index contributed by atoms with van der Waals surface area (Å²) in [7, 11) is -4.14. The summed E-state index contributed by atoms with van der Waals surface area (Å²) in [5, 5.41) is 3.40. The second kappa shape index (κ2) is 5.27. The van der Waals surface area contributed by atoms with E-state index in [9.17, 15) is 17.2 Å². The van der Waals surface area contributed by atoms with Crippen molar-refractivity contribution in [3.8, 4) is 0 Å². The van der Waals surface area contributed by atoms with Gasteiger partial charge in [0.25, 0.3) is 0 Å². The molecular formula is C14H15F2N3O3S. The van der Waals surface area contributed by atoms with E-state index >= 15 is 0 Å². The lowest BCUT2D eigenvalue weighted by Crippen LogP contribution is -2.51. The maximum absolute atomic E-state index is 14.1. The Bertz CT molecular complexity index is 820. The highest BCUT2D eigenvalue weighted by atomic mass is 32.2. The van der Waals surface area contributed by atoms with Crippen LogP contribution in [0.4, 0.5) is 14.6 Å². The Hall–Kier alpha value is -2.00. The van der Waals surface area contributed by atoms with Crippen LogP contribution in [0.25, 0.3) is 0 Å². The zero-order valence-electron chi connectivity index (χ0n) is 12.3. The van der Waals surface area contributed by atoms with Crippen LogP contribution in [0.2, 0.25) is 0 Å². The minimum Gasteiger partial charge on any atom is -0.380 e. The lowest BCUT2D eigenvalue weighted by Gasteiger charge is -2.42. The van der Waals surface area contributed by atoms with Gasteiger partial charge in [0.15, 0.2) is 16.5 Å². The molecule has 0 saturated heterocycles. The lowest BCUT2D eigenvalue weighted by molar-refractivity contribution is 0.209. The standard InChI is InChI=1S/C14H15F2N3O3S/c1-8-12(13(17)18-22-8)23(20,21)19-14(6-3-7-14)11-9(15)4-2-5-10(11)16/h2,4-5,19H,3,6-7H2,1H3,(H2,17,18). The first-order valence-electron chi connectivity index (χ1n) is 6.97. The van der Waals surface area contributed by atoms with Crippen molar-refractivity contribution in [3.05, 3.63) is 41.2 Å². The van der Waals surface area contributed by atoms with Crippen molar-refractivity contribution in [2.45, 2.75) is 36.6 Å². The van der Waals surface area contributed by atoms with Gasteiger partial charge >= 0.3 is 0 Å². The Morgan fingerprint density at radius 1 is 1.30 bits per heavy atom. The molecule has 23 heavy (non-hydrogen) atoms. The van der Waals surface area contributed by atoms with Crippen molar-refractivity contribution in [2.24, 2.45) is 0 Å². The molecule has 124 valence electrons. The molecule has 3 N–H and O–H groups in total. The van der Waals surface area contributed by atoms with E-state index in [1.54, 1.807) is 0 Å². The molecule has 0 atom stereocenters. The molecule has 1 fully saturated rings. The van der Waals surface area contributed by atoms with E-state index < -0.39 is 27.2 Å². The maximum Gasteiger partial charge on any atom is 0.248 e. The lowest BCUT2D eigenvalue weighted by atomic mass is 9.72. The number of rotatable bonds is 4. The van der Waals surface area contributed by atoms with Crippen LogP contribution >= 0.6 is 0 Å². The predicted molar refractivity (Wildman–Crippen MR) is 77.9 cm³/mol. The Morgan fingerprint density at radius 2 is 1.91 bits per heavy atom. The van der Waals surface area contributed by atoms with Crippen LogP contribution in [0.15, 0.2) is 27.6 Å². The van der Waals surface area contributed by atoms with Crippen molar-refractivity contribution in [2.75, 3.05) is 5.73 Å². The van der Waals surface area contributed by atoms with Crippen molar-refractivity contribution in [1.29, 1.82) is 0 Å². The fourth-order valence-corrected chi connectivity index (χ4v) is 4.56. The molecular weight excluding hydrogens is 328 g/mol. The van der Waals surface area contributed by atoms with Crippen LogP contribution < -0.4 is 10.5 Å². The first kappa shape index (κ1) is 15.9. The average molecular weight is 343 g/mol. The number of nitrogens with one attached hydrogen (secondary N) is 1. The Morgan fingerprint density at radius 3 is 2.35 bits per heavy atom. The molecule has 0 radical (unpaired) electrons. The van der Waals surface area contributed by atoms with Crippen LogP contribution in [0.3, 0.4) is 0 Å². The van der Waals surface area contributed by atoms with Gasteiger partial charge in [0.05, 0.1) is 5.54 Å². The molecule has 0 aliphatic heterocycles. The molecule has 2 aromatic rings. The molecule has 0 amide bonds. The Balaban J connectivity index is 2.06. The molecule has 6 nitrogen and oxygen atoms in total. The highest BCUT2D eigenvalue weighted by Crippen LogP contribution is 2.44. The molecule has 1 heterocycles. The van der Waals surface area contributed by atoms with Gasteiger partial charge in [-0.15, -0.1) is 0 Å². The van der Waals surface area contributed by atoms with Crippen LogP contribution in [0, 0.1) is 18.6 Å². The minimum atomic E-state index is -4.14. The molecule has 1 saturated carbocycles. The summed E-state index contributed by atoms with van der Waals surface area (Å²) < 4.78 is 60.6. The summed E-state index contributed by atoms with van der Waals surface area (Å²) in [4.78, 5) is -0.305. The fraction of sp³-hybridized carbons (Fsp3) is 0.357. The fourth-order valence-electron chi connectivity index (χ4n) is 2.90. The van der Waals surface area contributed by atoms with Gasteiger partial charge in [-0.05, 0) is 38.3 Å². The van der Waals surface area contributed by atoms with Crippen molar-refractivity contribution < 1.29 is 21.7 Å². The number of benzene rings is 1. The number of nitrogens with two attached hydrogens (primary N) is 1. The first-order valence-corrected chi connectivity index (χ1v) is 8.45. The third-order valence-electron chi connectivity index (χ3n) is 4.08. The predicted octanol–water partition coefficient (Wildman–Crippen LogP) is 2.20. The van der Waals surface area contributed by atoms with Gasteiger partial charge in [-0.3, -0.25) is 0 Å². The minimum absolute atomic E-state index is 0.0125. The number of anilines is 1. The van der Waals surface area contributed by atoms with Gasteiger partial charge in [0.1, 0.15) is 11.6 Å². The summed E-state index contributed by atoms with van der Waals surface area (Å²) >= 11 is 0. The Labute approximate surface area is 131 Å². The molecule has 1 aliphatic rings. The summed E-state index contributed by atoms with van der Waals surface area (Å²) in [6.07, 6.45) is 1.22. The van der Waals surface area contributed by atoms with Crippen LogP contribution in [-0.2, 0) is 15.6 Å². The number of halogens is 2. The molecule has 0 unspecified atom stereocenters. The van der Waals surface area contributed by atoms with Crippen molar-refractivity contribution in [1.82, 2.24) is 9.88 Å². The zero-order chi connectivity index (χ0) is 16.8. The molecule has 3 rings (SSSR count). The van der Waals surface area contributed by atoms with Gasteiger partial charge in [0, 0.05) is 5.56 Å². The monoisotopic (exact) mass is 343 g/mol. The first-order chi connectivity index (χ1) is 10.8. The van der Waals surface area contributed by atoms with Crippen molar-refractivity contribution >= 4 is 15.8 Å². The Kier molecular flexibility index (Phi) is 3.64. The number of nitrogen functional groups attached to an aromatic ring is 1. The van der Waals surface area contributed by atoms with Crippen LogP contribution in [0.5, 0.6) is 0 Å². The molecule has 1 aliphatic carbocycles. The van der Waals surface area contributed by atoms with Gasteiger partial charge in [-0.25, -0.2) is 21.9 Å². The number of hydrogen-bond acceptors (Lipinski definition) is 5. The van der Waals surface area contributed by atoms with Gasteiger partial charge < -0.3 is 10.3 Å². The van der Waals surface area contributed by atoms with Gasteiger partial charge in [-0.2, -0.15) is 0 Å². The normalized spacial score (nSPS) is 17.0. The molecule has 1 aromatic heterocycles. The van der Waals surface area contributed by atoms with Crippen LogP contribution in [-0.4, -0.2) is 13.6 Å². The topological polar surface area (TPSA) is 98.2 Å². The second-order valence-electron chi connectivity index (χ2n) is 5.59. The quantitative estimate of drug-likeness (QED) is 0.887. The second-order valence-corrected chi connectivity index (χ2v) is 7.21. The molecule has 1 aromatic carbocycles. The SMILES string of the molecule is Cc1onc(N)c1S(=O)(=O)NC1(c2c(F)cccc2F)CCC1. The third-order valence-corrected chi connectivity index (χ3v) is 5.77. The van der Waals surface area contributed by atoms with E-state index in [0.29, 0.717) is 6.42 Å². The number of hydrogen-bond donors (Lipinski definition) is 2. The number of aryl methyl sites for hydroxylation is 1. The third kappa shape index (κ3) is 2.49. The number of aromatic nitrogens is 1. The van der Waals surface area contributed by atoms with E-state index in [4.69, 9.17) is 10.3 Å². The summed E-state index contributed by atoms with van der Waals surface area (Å²) in [6.45, 7) is 1.40. The van der Waals surface area contributed by atoms with E-state index in [2.05, 4.69) is 9.88 Å². The highest BCUT2D eigenvalue weighted by Gasteiger charge is 2.46. The smallest absolute Gasteiger partial charge is 0.248 e. The molecule has 0 bridgehead atoms. The van der Waals surface area contributed by atoms with E-state index in [0.717, 1.165) is 12.1 Å². The largest absolute Gasteiger partial charge is 0.380 e. The summed E-state index contributed by atoms with van der Waals surface area (Å²) in [5.41, 5.74) is 3.93. The van der Waals surface area contributed by atoms with Gasteiger partial charge in [-0.1, -0.05) is 11.2 Å². The zero-order valence-corrected chi connectivity index (χ0v) is 13.1. The van der Waals surface area contributed by atoms with E-state index in [-0.39, 0.29) is 34.9 Å². The molecule has 9 heteroatoms. The maximum atomic E-state index is 14.1. The van der Waals surface area contributed by atoms with E-state index in [1.165, 1.54) is 13.0 Å². The molecule has 0 spiro atoms. The number of sulfonamides is 1. The number of nitrogens with zero attached hydrogens (tertiary/aromatic N) is 1. The summed E-state index contributed by atoms with van der Waals surface area (Å²) in [5.74, 6) is -1.86. The van der Waals surface area contributed by atoms with Crippen molar-refractivity contribution in [3.63, 3.8) is 0 Å².